The van der Waals surface area contributed by atoms with Crippen LogP contribution in [-0.4, -0.2) is 13.1 Å². The Hall–Kier alpha value is -1.09. The molecule has 2 aromatic rings. The second kappa shape index (κ2) is 4.19. The first kappa shape index (κ1) is 10.4. The molecule has 1 aromatic heterocycles. The van der Waals surface area contributed by atoms with Gasteiger partial charge < -0.3 is 0 Å². The summed E-state index contributed by atoms with van der Waals surface area (Å²) in [5.74, 6) is 0. The van der Waals surface area contributed by atoms with Gasteiger partial charge >= 0.3 is 94.7 Å². The van der Waals surface area contributed by atoms with Gasteiger partial charge in [0.15, 0.2) is 0 Å². The van der Waals surface area contributed by atoms with Crippen molar-refractivity contribution >= 4 is 34.5 Å². The van der Waals surface area contributed by atoms with E-state index in [2.05, 4.69) is 25.1 Å². The average molecular weight is 214 g/mol. The van der Waals surface area contributed by atoms with Gasteiger partial charge in [0.05, 0.1) is 0 Å². The van der Waals surface area contributed by atoms with E-state index in [0.717, 1.165) is 17.7 Å². The summed E-state index contributed by atoms with van der Waals surface area (Å²) in [5.41, 5.74) is 7.46. The van der Waals surface area contributed by atoms with Crippen molar-refractivity contribution in [2.75, 3.05) is 0 Å². The molecule has 1 aromatic carbocycles. The molecule has 0 saturated carbocycles. The minimum absolute atomic E-state index is 0.444. The molecule has 0 atom stereocenters. The molecule has 0 amide bonds. The van der Waals surface area contributed by atoms with E-state index in [9.17, 15) is 0 Å². The average Bonchev–Trinajstić information content (AvgIpc) is 2.58. The molecule has 3 heteroatoms. The molecule has 1 heterocycles. The first-order valence-corrected chi connectivity index (χ1v) is 5.94. The van der Waals surface area contributed by atoms with E-state index in [4.69, 9.17) is 13.2 Å². The first-order valence-electron chi connectivity index (χ1n) is 5.12. The second-order valence-corrected chi connectivity index (χ2v) is 4.66. The van der Waals surface area contributed by atoms with Gasteiger partial charge in [-0.15, -0.1) is 0 Å². The third kappa shape index (κ3) is 1.84. The van der Waals surface area contributed by atoms with Crippen molar-refractivity contribution < 1.29 is 0 Å². The van der Waals surface area contributed by atoms with E-state index < -0.39 is 0 Å². The van der Waals surface area contributed by atoms with Crippen LogP contribution in [0.1, 0.15) is 23.8 Å². The third-order valence-electron chi connectivity index (χ3n) is 2.46. The van der Waals surface area contributed by atoms with E-state index in [-0.39, 0.29) is 0 Å². The monoisotopic (exact) mass is 214 g/mol. The summed E-state index contributed by atoms with van der Waals surface area (Å²) in [7, 11) is 5.71. The van der Waals surface area contributed by atoms with Crippen molar-refractivity contribution in [3.8, 4) is 0 Å². The summed E-state index contributed by atoms with van der Waals surface area (Å²) in [6, 6.07) is 8.37. The maximum absolute atomic E-state index is 5.71. The van der Waals surface area contributed by atoms with Crippen LogP contribution in [0.4, 0.5) is 0 Å². The predicted molar refractivity (Wildman–Crippen MR) is 69.9 cm³/mol. The second-order valence-electron chi connectivity index (χ2n) is 3.61. The van der Waals surface area contributed by atoms with Gasteiger partial charge in [0.1, 0.15) is 0 Å². The summed E-state index contributed by atoms with van der Waals surface area (Å²) in [4.78, 5) is 1.05. The summed E-state index contributed by atoms with van der Waals surface area (Å²) in [6.45, 7) is 2.17. The Balaban J connectivity index is 2.68. The summed E-state index contributed by atoms with van der Waals surface area (Å²) in [5, 5.41) is 1.30. The Morgan fingerprint density at radius 2 is 2.13 bits per heavy atom. The van der Waals surface area contributed by atoms with Crippen LogP contribution in [0.2, 0.25) is 0 Å². The van der Waals surface area contributed by atoms with Gasteiger partial charge in [-0.3, -0.25) is 0 Å². The van der Waals surface area contributed by atoms with Gasteiger partial charge in [-0.2, -0.15) is 0 Å². The summed E-state index contributed by atoms with van der Waals surface area (Å²) in [6.07, 6.45) is 2.15. The Bertz CT molecular complexity index is 501. The van der Waals surface area contributed by atoms with E-state index in [1.165, 1.54) is 15.6 Å². The van der Waals surface area contributed by atoms with Crippen molar-refractivity contribution in [2.24, 2.45) is 5.73 Å². The van der Waals surface area contributed by atoms with Crippen LogP contribution >= 0.6 is 11.3 Å². The fraction of sp³-hybridized carbons (Fsp3) is 0.250. The fourth-order valence-corrected chi connectivity index (χ4v) is 2.95. The van der Waals surface area contributed by atoms with Gasteiger partial charge in [-0.25, -0.2) is 0 Å². The number of thiophene rings is 1. The van der Waals surface area contributed by atoms with Crippen LogP contribution in [0.25, 0.3) is 10.1 Å². The van der Waals surface area contributed by atoms with E-state index in [1.807, 2.05) is 6.07 Å². The van der Waals surface area contributed by atoms with Gasteiger partial charge in [0.2, 0.25) is 0 Å². The van der Waals surface area contributed by atoms with Crippen molar-refractivity contribution in [2.45, 2.75) is 19.8 Å². The van der Waals surface area contributed by atoms with E-state index in [0.29, 0.717) is 5.59 Å². The van der Waals surface area contributed by atoms with Gasteiger partial charge in [0.25, 0.3) is 0 Å². The zero-order valence-corrected chi connectivity index (χ0v) is 9.60. The number of benzene rings is 1. The normalized spacial score (nSPS) is 10.7. The SMILES string of the molecule is [B]=C(N)c1sc2ccccc2c1CCC. The standard InChI is InChI=1S/C12H13BNS/c1-2-5-9-8-6-3-4-7-10(8)15-11(9)12(13)14/h3-4,6-7H,2,5,14H2,1H3. The molecule has 2 rings (SSSR count). The van der Waals surface area contributed by atoms with E-state index in [1.54, 1.807) is 11.3 Å². The number of rotatable bonds is 3. The Kier molecular flexibility index (Phi) is 2.92. The fourth-order valence-electron chi connectivity index (χ4n) is 1.83. The molecule has 1 radical (unpaired) electrons. The first-order chi connectivity index (χ1) is 7.24. The topological polar surface area (TPSA) is 26.0 Å². The van der Waals surface area contributed by atoms with Crippen LogP contribution < -0.4 is 5.73 Å². The van der Waals surface area contributed by atoms with Crippen molar-refractivity contribution in [3.63, 3.8) is 0 Å². The molecule has 0 fully saturated rings. The molecule has 15 heavy (non-hydrogen) atoms. The Morgan fingerprint density at radius 1 is 1.40 bits per heavy atom. The van der Waals surface area contributed by atoms with Crippen LogP contribution in [0, 0.1) is 0 Å². The van der Waals surface area contributed by atoms with Crippen LogP contribution in [0.3, 0.4) is 0 Å². The Labute approximate surface area is 95.0 Å². The number of aryl methyl sites for hydroxylation is 1. The molecule has 1 nitrogen and oxygen atoms in total. The molecule has 0 aliphatic heterocycles. The molecule has 75 valence electrons. The van der Waals surface area contributed by atoms with Crippen molar-refractivity contribution in [3.05, 3.63) is 34.7 Å². The summed E-state index contributed by atoms with van der Waals surface area (Å²) < 4.78 is 1.27. The molecule has 0 spiro atoms. The molecule has 0 saturated heterocycles. The Morgan fingerprint density at radius 3 is 2.80 bits per heavy atom. The number of fused-ring (bicyclic) bond motifs is 1. The number of hydrogen-bond acceptors (Lipinski definition) is 2. The molecule has 0 aliphatic rings. The molecular weight excluding hydrogens is 201 g/mol. The van der Waals surface area contributed by atoms with E-state index >= 15 is 0 Å². The van der Waals surface area contributed by atoms with Crippen LogP contribution in [0.15, 0.2) is 24.3 Å². The minimum atomic E-state index is 0.444. The van der Waals surface area contributed by atoms with Crippen molar-refractivity contribution in [1.82, 2.24) is 0 Å². The molecule has 0 aliphatic carbocycles. The molecule has 0 unspecified atom stereocenters. The van der Waals surface area contributed by atoms with Gasteiger partial charge in [0, 0.05) is 0 Å². The van der Waals surface area contributed by atoms with Crippen molar-refractivity contribution in [1.29, 1.82) is 0 Å². The molecule has 0 bridgehead atoms. The third-order valence-corrected chi connectivity index (χ3v) is 3.72. The zero-order chi connectivity index (χ0) is 10.8. The number of nitrogens with two attached hydrogens (primary N) is 1. The quantitative estimate of drug-likeness (QED) is 0.780. The van der Waals surface area contributed by atoms with Crippen LogP contribution in [0.5, 0.6) is 0 Å². The maximum atomic E-state index is 5.71. The predicted octanol–water partition coefficient (Wildman–Crippen LogP) is 2.46. The molecule has 2 N–H and O–H groups in total. The van der Waals surface area contributed by atoms with Gasteiger partial charge in [-0.1, -0.05) is 0 Å². The zero-order valence-electron chi connectivity index (χ0n) is 8.79. The summed E-state index contributed by atoms with van der Waals surface area (Å²) >= 11 is 1.68. The number of hydrogen-bond donors (Lipinski definition) is 1. The van der Waals surface area contributed by atoms with Crippen LogP contribution in [-0.2, 0) is 6.42 Å². The van der Waals surface area contributed by atoms with Gasteiger partial charge in [-0.05, 0) is 0 Å². The molecular formula is C12H13BNS.